The van der Waals surface area contributed by atoms with Gasteiger partial charge in [0.15, 0.2) is 0 Å². The van der Waals surface area contributed by atoms with Crippen molar-refractivity contribution >= 4 is 17.3 Å². The number of anilines is 1. The molecule has 1 N–H and O–H groups in total. The van der Waals surface area contributed by atoms with Crippen LogP contribution in [-0.4, -0.2) is 4.98 Å². The molecule has 0 unspecified atom stereocenters. The van der Waals surface area contributed by atoms with Gasteiger partial charge >= 0.3 is 0 Å². The van der Waals surface area contributed by atoms with Crippen molar-refractivity contribution in [2.75, 3.05) is 5.32 Å². The van der Waals surface area contributed by atoms with Crippen LogP contribution in [0.15, 0.2) is 35.1 Å². The van der Waals surface area contributed by atoms with Crippen LogP contribution in [0.25, 0.3) is 0 Å². The fourth-order valence-corrected chi connectivity index (χ4v) is 1.45. The molecular formula is C11H11ClN2O. The van der Waals surface area contributed by atoms with Crippen LogP contribution in [-0.2, 0) is 6.54 Å². The molecule has 4 heteroatoms. The van der Waals surface area contributed by atoms with Gasteiger partial charge in [0, 0.05) is 11.9 Å². The lowest BCUT2D eigenvalue weighted by atomic mass is 10.3. The van der Waals surface area contributed by atoms with Crippen molar-refractivity contribution in [1.82, 2.24) is 4.98 Å². The van der Waals surface area contributed by atoms with E-state index in [9.17, 15) is 0 Å². The van der Waals surface area contributed by atoms with Gasteiger partial charge < -0.3 is 9.73 Å². The Kier molecular flexibility index (Phi) is 2.92. The number of halogens is 1. The standard InChI is InChI=1S/C11H11ClN2O/c1-8-3-5-15-10(8)7-14-9-2-4-13-11(12)6-9/h2-6H,7H2,1H3,(H,13,14). The number of pyridine rings is 1. The zero-order valence-corrected chi connectivity index (χ0v) is 9.08. The first-order valence-corrected chi connectivity index (χ1v) is 5.02. The van der Waals surface area contributed by atoms with Crippen LogP contribution in [0.2, 0.25) is 5.15 Å². The molecule has 78 valence electrons. The third kappa shape index (κ3) is 2.50. The Morgan fingerprint density at radius 3 is 3.00 bits per heavy atom. The van der Waals surface area contributed by atoms with Gasteiger partial charge in [-0.25, -0.2) is 4.98 Å². The number of aromatic nitrogens is 1. The summed E-state index contributed by atoms with van der Waals surface area (Å²) in [6, 6.07) is 5.58. The second-order valence-electron chi connectivity index (χ2n) is 3.25. The highest BCUT2D eigenvalue weighted by Crippen LogP contribution is 2.15. The molecule has 0 saturated carbocycles. The lowest BCUT2D eigenvalue weighted by molar-refractivity contribution is 0.515. The molecule has 0 aliphatic carbocycles. The Balaban J connectivity index is 2.02. The zero-order chi connectivity index (χ0) is 10.7. The van der Waals surface area contributed by atoms with Crippen molar-refractivity contribution in [2.24, 2.45) is 0 Å². The Morgan fingerprint density at radius 2 is 2.33 bits per heavy atom. The number of nitrogens with one attached hydrogen (secondary N) is 1. The second-order valence-corrected chi connectivity index (χ2v) is 3.63. The molecule has 0 atom stereocenters. The molecule has 2 aromatic heterocycles. The van der Waals surface area contributed by atoms with Gasteiger partial charge in [0.25, 0.3) is 0 Å². The van der Waals surface area contributed by atoms with E-state index in [1.807, 2.05) is 19.1 Å². The molecule has 0 fully saturated rings. The van der Waals surface area contributed by atoms with Gasteiger partial charge in [-0.15, -0.1) is 0 Å². The summed E-state index contributed by atoms with van der Waals surface area (Å²) >= 11 is 5.76. The predicted molar refractivity (Wildman–Crippen MR) is 60.0 cm³/mol. The summed E-state index contributed by atoms with van der Waals surface area (Å²) in [6.45, 7) is 2.67. The van der Waals surface area contributed by atoms with E-state index in [4.69, 9.17) is 16.0 Å². The number of rotatable bonds is 3. The first-order chi connectivity index (χ1) is 7.25. The largest absolute Gasteiger partial charge is 0.467 e. The number of hydrogen-bond acceptors (Lipinski definition) is 3. The maximum absolute atomic E-state index is 5.76. The fourth-order valence-electron chi connectivity index (χ4n) is 1.28. The van der Waals surface area contributed by atoms with E-state index in [1.165, 1.54) is 0 Å². The van der Waals surface area contributed by atoms with Crippen molar-refractivity contribution in [1.29, 1.82) is 0 Å². The maximum atomic E-state index is 5.76. The zero-order valence-electron chi connectivity index (χ0n) is 8.33. The minimum atomic E-state index is 0.483. The number of hydrogen-bond donors (Lipinski definition) is 1. The van der Waals surface area contributed by atoms with Crippen LogP contribution >= 0.6 is 11.6 Å². The van der Waals surface area contributed by atoms with E-state index >= 15 is 0 Å². The molecule has 2 aromatic rings. The molecule has 0 amide bonds. The van der Waals surface area contributed by atoms with Crippen LogP contribution in [0.1, 0.15) is 11.3 Å². The Labute approximate surface area is 93.1 Å². The van der Waals surface area contributed by atoms with Crippen molar-refractivity contribution in [3.8, 4) is 0 Å². The molecular weight excluding hydrogens is 212 g/mol. The van der Waals surface area contributed by atoms with Crippen LogP contribution in [0.4, 0.5) is 5.69 Å². The van der Waals surface area contributed by atoms with Gasteiger partial charge in [-0.05, 0) is 30.7 Å². The quantitative estimate of drug-likeness (QED) is 0.811. The summed E-state index contributed by atoms with van der Waals surface area (Å²) in [5.41, 5.74) is 2.08. The van der Waals surface area contributed by atoms with Crippen molar-refractivity contribution in [3.05, 3.63) is 47.1 Å². The average molecular weight is 223 g/mol. The first kappa shape index (κ1) is 10.1. The molecule has 0 bridgehead atoms. The summed E-state index contributed by atoms with van der Waals surface area (Å²) in [5.74, 6) is 0.933. The highest BCUT2D eigenvalue weighted by atomic mass is 35.5. The van der Waals surface area contributed by atoms with Gasteiger partial charge in [-0.1, -0.05) is 11.6 Å². The number of furan rings is 1. The molecule has 0 spiro atoms. The third-order valence-electron chi connectivity index (χ3n) is 2.15. The predicted octanol–water partition coefficient (Wildman–Crippen LogP) is 3.25. The van der Waals surface area contributed by atoms with E-state index < -0.39 is 0 Å². The van der Waals surface area contributed by atoms with Crippen LogP contribution in [0, 0.1) is 6.92 Å². The first-order valence-electron chi connectivity index (χ1n) is 4.64. The summed E-state index contributed by atoms with van der Waals surface area (Å²) in [6.07, 6.45) is 3.35. The topological polar surface area (TPSA) is 38.1 Å². The van der Waals surface area contributed by atoms with Gasteiger partial charge in [0.2, 0.25) is 0 Å². The lowest BCUT2D eigenvalue weighted by Crippen LogP contribution is -1.99. The Morgan fingerprint density at radius 1 is 1.47 bits per heavy atom. The summed E-state index contributed by atoms with van der Waals surface area (Å²) < 4.78 is 5.31. The Hall–Kier alpha value is -1.48. The smallest absolute Gasteiger partial charge is 0.131 e. The number of aryl methyl sites for hydroxylation is 1. The minimum absolute atomic E-state index is 0.483. The van der Waals surface area contributed by atoms with Crippen LogP contribution in [0.3, 0.4) is 0 Å². The van der Waals surface area contributed by atoms with Crippen molar-refractivity contribution in [2.45, 2.75) is 13.5 Å². The van der Waals surface area contributed by atoms with Gasteiger partial charge in [0.1, 0.15) is 10.9 Å². The monoisotopic (exact) mass is 222 g/mol. The fraction of sp³-hybridized carbons (Fsp3) is 0.182. The molecule has 15 heavy (non-hydrogen) atoms. The normalized spacial score (nSPS) is 10.3. The highest BCUT2D eigenvalue weighted by molar-refractivity contribution is 6.29. The SMILES string of the molecule is Cc1ccoc1CNc1ccnc(Cl)c1. The number of nitrogens with zero attached hydrogens (tertiary/aromatic N) is 1. The molecule has 0 radical (unpaired) electrons. The molecule has 0 aliphatic heterocycles. The minimum Gasteiger partial charge on any atom is -0.467 e. The van der Waals surface area contributed by atoms with Crippen LogP contribution in [0.5, 0.6) is 0 Å². The molecule has 0 aromatic carbocycles. The third-order valence-corrected chi connectivity index (χ3v) is 2.35. The van der Waals surface area contributed by atoms with E-state index in [1.54, 1.807) is 18.5 Å². The molecule has 0 saturated heterocycles. The summed E-state index contributed by atoms with van der Waals surface area (Å²) in [7, 11) is 0. The van der Waals surface area contributed by atoms with E-state index in [0.717, 1.165) is 17.0 Å². The van der Waals surface area contributed by atoms with Crippen molar-refractivity contribution in [3.63, 3.8) is 0 Å². The van der Waals surface area contributed by atoms with Gasteiger partial charge in [-0.3, -0.25) is 0 Å². The second kappa shape index (κ2) is 4.36. The maximum Gasteiger partial charge on any atom is 0.131 e. The molecule has 0 aliphatic rings. The average Bonchev–Trinajstić information content (AvgIpc) is 2.61. The lowest BCUT2D eigenvalue weighted by Gasteiger charge is -2.04. The summed E-state index contributed by atoms with van der Waals surface area (Å²) in [5, 5.41) is 3.69. The summed E-state index contributed by atoms with van der Waals surface area (Å²) in [4.78, 5) is 3.90. The highest BCUT2D eigenvalue weighted by Gasteiger charge is 2.01. The van der Waals surface area contributed by atoms with Crippen molar-refractivity contribution < 1.29 is 4.42 Å². The van der Waals surface area contributed by atoms with E-state index in [2.05, 4.69) is 10.3 Å². The Bertz CT molecular complexity index is 453. The molecule has 2 heterocycles. The van der Waals surface area contributed by atoms with E-state index in [-0.39, 0.29) is 0 Å². The molecule has 3 nitrogen and oxygen atoms in total. The van der Waals surface area contributed by atoms with E-state index in [0.29, 0.717) is 11.7 Å². The molecule has 2 rings (SSSR count). The van der Waals surface area contributed by atoms with Gasteiger partial charge in [-0.2, -0.15) is 0 Å². The van der Waals surface area contributed by atoms with Crippen LogP contribution < -0.4 is 5.32 Å². The van der Waals surface area contributed by atoms with Gasteiger partial charge in [0.05, 0.1) is 12.8 Å².